The molecule has 0 atom stereocenters. The molecule has 108 valence electrons. The van der Waals surface area contributed by atoms with Crippen LogP contribution >= 0.6 is 0 Å². The van der Waals surface area contributed by atoms with Crippen molar-refractivity contribution in [2.45, 2.75) is 11.8 Å². The number of hydrogen-bond donors (Lipinski definition) is 1. The molecule has 1 aromatic heterocycles. The number of nitrogens with one attached hydrogen (secondary N) is 1. The standard InChI is InChI=1S/C14H13N3O3S/c1-2-20-14-7-6-12(10-16-14)17-21(18,19)13-5-3-4-11(8-13)9-15/h3-8,10,17H,2H2,1H3. The van der Waals surface area contributed by atoms with E-state index in [-0.39, 0.29) is 10.5 Å². The first kappa shape index (κ1) is 14.8. The summed E-state index contributed by atoms with van der Waals surface area (Å²) in [6.45, 7) is 2.32. The number of benzene rings is 1. The van der Waals surface area contributed by atoms with E-state index in [1.807, 2.05) is 13.0 Å². The molecule has 7 heteroatoms. The fraction of sp³-hybridized carbons (Fsp3) is 0.143. The van der Waals surface area contributed by atoms with Crippen LogP contribution in [0, 0.1) is 11.3 Å². The second-order valence-electron chi connectivity index (χ2n) is 4.06. The normalized spacial score (nSPS) is 10.7. The van der Waals surface area contributed by atoms with Crippen molar-refractivity contribution >= 4 is 15.7 Å². The SMILES string of the molecule is CCOc1ccc(NS(=O)(=O)c2cccc(C#N)c2)cn1. The Balaban J connectivity index is 2.22. The molecule has 21 heavy (non-hydrogen) atoms. The lowest BCUT2D eigenvalue weighted by Gasteiger charge is -2.08. The number of rotatable bonds is 5. The number of pyridine rings is 1. The van der Waals surface area contributed by atoms with Crippen molar-refractivity contribution in [3.8, 4) is 11.9 Å². The fourth-order valence-electron chi connectivity index (χ4n) is 1.62. The van der Waals surface area contributed by atoms with E-state index in [0.717, 1.165) is 0 Å². The minimum absolute atomic E-state index is 0.0236. The highest BCUT2D eigenvalue weighted by Gasteiger charge is 2.14. The third-order valence-electron chi connectivity index (χ3n) is 2.55. The monoisotopic (exact) mass is 303 g/mol. The Morgan fingerprint density at radius 3 is 2.76 bits per heavy atom. The predicted molar refractivity (Wildman–Crippen MR) is 77.4 cm³/mol. The number of nitriles is 1. The summed E-state index contributed by atoms with van der Waals surface area (Å²) in [5, 5.41) is 8.81. The van der Waals surface area contributed by atoms with Crippen molar-refractivity contribution in [3.63, 3.8) is 0 Å². The van der Waals surface area contributed by atoms with E-state index >= 15 is 0 Å². The zero-order chi connectivity index (χ0) is 15.3. The van der Waals surface area contributed by atoms with Crippen molar-refractivity contribution in [3.05, 3.63) is 48.2 Å². The van der Waals surface area contributed by atoms with Crippen LogP contribution in [0.2, 0.25) is 0 Å². The molecule has 0 bridgehead atoms. The summed E-state index contributed by atoms with van der Waals surface area (Å²) in [5.41, 5.74) is 0.600. The van der Waals surface area contributed by atoms with E-state index in [1.54, 1.807) is 12.1 Å². The molecule has 2 aromatic rings. The van der Waals surface area contributed by atoms with Crippen molar-refractivity contribution in [1.29, 1.82) is 5.26 Å². The van der Waals surface area contributed by atoms with E-state index < -0.39 is 10.0 Å². The highest BCUT2D eigenvalue weighted by molar-refractivity contribution is 7.92. The Kier molecular flexibility index (Phi) is 4.40. The molecule has 0 radical (unpaired) electrons. The number of sulfonamides is 1. The van der Waals surface area contributed by atoms with Crippen molar-refractivity contribution in [2.75, 3.05) is 11.3 Å². The van der Waals surface area contributed by atoms with Crippen molar-refractivity contribution < 1.29 is 13.2 Å². The Morgan fingerprint density at radius 1 is 1.33 bits per heavy atom. The Bertz CT molecular complexity index is 765. The van der Waals surface area contributed by atoms with Gasteiger partial charge in [0, 0.05) is 6.07 Å². The van der Waals surface area contributed by atoms with Crippen LogP contribution in [-0.2, 0) is 10.0 Å². The van der Waals surface area contributed by atoms with Crippen LogP contribution in [0.5, 0.6) is 5.88 Å². The fourth-order valence-corrected chi connectivity index (χ4v) is 2.71. The molecule has 0 fully saturated rings. The first-order valence-electron chi connectivity index (χ1n) is 6.17. The topological polar surface area (TPSA) is 92.1 Å². The Labute approximate surface area is 123 Å². The smallest absolute Gasteiger partial charge is 0.261 e. The number of nitrogens with zero attached hydrogens (tertiary/aromatic N) is 2. The van der Waals surface area contributed by atoms with Gasteiger partial charge in [-0.05, 0) is 31.2 Å². The van der Waals surface area contributed by atoms with Gasteiger partial charge in [0.25, 0.3) is 10.0 Å². The molecule has 1 heterocycles. The van der Waals surface area contributed by atoms with E-state index in [2.05, 4.69) is 9.71 Å². The maximum atomic E-state index is 12.2. The molecule has 0 aliphatic heterocycles. The van der Waals surface area contributed by atoms with Gasteiger partial charge in [-0.25, -0.2) is 13.4 Å². The third kappa shape index (κ3) is 3.70. The lowest BCUT2D eigenvalue weighted by atomic mass is 10.2. The van der Waals surface area contributed by atoms with Gasteiger partial charge in [0.2, 0.25) is 5.88 Å². The van der Waals surface area contributed by atoms with Gasteiger partial charge >= 0.3 is 0 Å². The maximum Gasteiger partial charge on any atom is 0.261 e. The predicted octanol–water partition coefficient (Wildman–Crippen LogP) is 2.15. The van der Waals surface area contributed by atoms with Gasteiger partial charge < -0.3 is 4.74 Å². The van der Waals surface area contributed by atoms with Crippen LogP contribution in [0.25, 0.3) is 0 Å². The van der Waals surface area contributed by atoms with Gasteiger partial charge in [-0.1, -0.05) is 6.07 Å². The average Bonchev–Trinajstić information content (AvgIpc) is 2.49. The van der Waals surface area contributed by atoms with Gasteiger partial charge in [0.1, 0.15) is 0 Å². The largest absolute Gasteiger partial charge is 0.478 e. The van der Waals surface area contributed by atoms with E-state index in [4.69, 9.17) is 10.00 Å². The lowest BCUT2D eigenvalue weighted by molar-refractivity contribution is 0.327. The summed E-state index contributed by atoms with van der Waals surface area (Å²) in [7, 11) is -3.75. The molecule has 6 nitrogen and oxygen atoms in total. The number of ether oxygens (including phenoxy) is 1. The minimum atomic E-state index is -3.75. The van der Waals surface area contributed by atoms with Crippen LogP contribution in [0.3, 0.4) is 0 Å². The van der Waals surface area contributed by atoms with Gasteiger partial charge in [-0.2, -0.15) is 5.26 Å². The zero-order valence-corrected chi connectivity index (χ0v) is 12.1. The highest BCUT2D eigenvalue weighted by atomic mass is 32.2. The molecule has 0 spiro atoms. The number of aromatic nitrogens is 1. The molecule has 0 saturated carbocycles. The van der Waals surface area contributed by atoms with E-state index in [1.165, 1.54) is 30.5 Å². The second kappa shape index (κ2) is 6.24. The zero-order valence-electron chi connectivity index (χ0n) is 11.3. The Morgan fingerprint density at radius 2 is 2.14 bits per heavy atom. The molecule has 2 rings (SSSR count). The van der Waals surface area contributed by atoms with Crippen LogP contribution in [0.1, 0.15) is 12.5 Å². The quantitative estimate of drug-likeness (QED) is 0.913. The molecule has 0 aliphatic carbocycles. The first-order chi connectivity index (χ1) is 10.0. The van der Waals surface area contributed by atoms with Crippen molar-refractivity contribution in [2.24, 2.45) is 0 Å². The molecule has 1 aromatic carbocycles. The maximum absolute atomic E-state index is 12.2. The van der Waals surface area contributed by atoms with Gasteiger partial charge in [-0.15, -0.1) is 0 Å². The average molecular weight is 303 g/mol. The molecule has 0 amide bonds. The summed E-state index contributed by atoms with van der Waals surface area (Å²) in [4.78, 5) is 4.00. The second-order valence-corrected chi connectivity index (χ2v) is 5.75. The number of anilines is 1. The molecule has 0 saturated heterocycles. The molecular weight excluding hydrogens is 290 g/mol. The van der Waals surface area contributed by atoms with Crippen molar-refractivity contribution in [1.82, 2.24) is 4.98 Å². The van der Waals surface area contributed by atoms with Crippen LogP contribution in [0.4, 0.5) is 5.69 Å². The first-order valence-corrected chi connectivity index (χ1v) is 7.65. The summed E-state index contributed by atoms with van der Waals surface area (Å²) < 4.78 is 32.0. The lowest BCUT2D eigenvalue weighted by Crippen LogP contribution is -2.13. The van der Waals surface area contributed by atoms with Gasteiger partial charge in [0.15, 0.2) is 0 Å². The van der Waals surface area contributed by atoms with E-state index in [0.29, 0.717) is 18.2 Å². The van der Waals surface area contributed by atoms with Crippen LogP contribution in [-0.4, -0.2) is 20.0 Å². The summed E-state index contributed by atoms with van der Waals surface area (Å²) in [6, 6.07) is 10.8. The van der Waals surface area contributed by atoms with Gasteiger partial charge in [0.05, 0.1) is 35.0 Å². The Hall–Kier alpha value is -2.59. The third-order valence-corrected chi connectivity index (χ3v) is 3.93. The highest BCUT2D eigenvalue weighted by Crippen LogP contribution is 2.18. The summed E-state index contributed by atoms with van der Waals surface area (Å²) >= 11 is 0. The van der Waals surface area contributed by atoms with Crippen LogP contribution < -0.4 is 9.46 Å². The molecule has 0 unspecified atom stereocenters. The van der Waals surface area contributed by atoms with Crippen LogP contribution in [0.15, 0.2) is 47.5 Å². The molecule has 1 N–H and O–H groups in total. The molecule has 0 aliphatic rings. The summed E-state index contributed by atoms with van der Waals surface area (Å²) in [5.74, 6) is 0.423. The van der Waals surface area contributed by atoms with E-state index in [9.17, 15) is 8.42 Å². The molecular formula is C14H13N3O3S. The summed E-state index contributed by atoms with van der Waals surface area (Å²) in [6.07, 6.45) is 1.37. The van der Waals surface area contributed by atoms with Gasteiger partial charge in [-0.3, -0.25) is 4.72 Å². The minimum Gasteiger partial charge on any atom is -0.478 e. The number of hydrogen-bond acceptors (Lipinski definition) is 5.